The van der Waals surface area contributed by atoms with Crippen molar-refractivity contribution in [3.8, 4) is 0 Å². The van der Waals surface area contributed by atoms with Crippen LogP contribution in [0.5, 0.6) is 0 Å². The summed E-state index contributed by atoms with van der Waals surface area (Å²) in [5.41, 5.74) is 0.349. The summed E-state index contributed by atoms with van der Waals surface area (Å²) in [6.45, 7) is 6.61. The van der Waals surface area contributed by atoms with Crippen LogP contribution >= 0.6 is 0 Å². The first kappa shape index (κ1) is 8.88. The number of imide groups is 1. The normalized spacial score (nSPS) is 8.60. The maximum atomic E-state index is 10.7. The molecule has 0 aliphatic heterocycles. The lowest BCUT2D eigenvalue weighted by atomic mass is 10.3. The second-order valence-electron chi connectivity index (χ2n) is 2.01. The van der Waals surface area contributed by atoms with Crippen molar-refractivity contribution in [2.75, 3.05) is 0 Å². The van der Waals surface area contributed by atoms with Gasteiger partial charge in [-0.2, -0.15) is 0 Å². The first-order valence-corrected chi connectivity index (χ1v) is 3.07. The first-order valence-electron chi connectivity index (χ1n) is 3.07. The molecule has 3 nitrogen and oxygen atoms in total. The molecule has 0 aromatic rings. The molecule has 3 heteroatoms. The molecule has 0 aromatic carbocycles. The van der Waals surface area contributed by atoms with E-state index in [4.69, 9.17) is 0 Å². The molecular weight excluding hydrogens is 130 g/mol. The van der Waals surface area contributed by atoms with E-state index < -0.39 is 5.91 Å². The molecule has 10 heavy (non-hydrogen) atoms. The summed E-state index contributed by atoms with van der Waals surface area (Å²) < 4.78 is 0. The molecule has 0 atom stereocenters. The second-order valence-corrected chi connectivity index (χ2v) is 2.01. The van der Waals surface area contributed by atoms with Gasteiger partial charge in [-0.05, 0) is 6.92 Å². The molecule has 0 rings (SSSR count). The monoisotopic (exact) mass is 141 g/mol. The topological polar surface area (TPSA) is 46.2 Å². The van der Waals surface area contributed by atoms with Crippen LogP contribution in [0, 0.1) is 0 Å². The summed E-state index contributed by atoms with van der Waals surface area (Å²) in [5, 5.41) is 2.15. The molecule has 1 N–H and O–H groups in total. The SMILES string of the molecule is C=C(C)C(=O)NC(=O)CC. The van der Waals surface area contributed by atoms with Crippen molar-refractivity contribution in [1.82, 2.24) is 5.32 Å². The summed E-state index contributed by atoms with van der Waals surface area (Å²) in [6.07, 6.45) is 0.318. The van der Waals surface area contributed by atoms with Crippen LogP contribution in [0.1, 0.15) is 20.3 Å². The fourth-order valence-electron chi connectivity index (χ4n) is 0.322. The highest BCUT2D eigenvalue weighted by Crippen LogP contribution is 1.85. The largest absolute Gasteiger partial charge is 0.293 e. The Morgan fingerprint density at radius 1 is 1.50 bits per heavy atom. The maximum Gasteiger partial charge on any atom is 0.252 e. The van der Waals surface area contributed by atoms with Crippen molar-refractivity contribution in [2.24, 2.45) is 0 Å². The highest BCUT2D eigenvalue weighted by molar-refractivity contribution is 6.03. The number of carbonyl (C=O) groups is 2. The van der Waals surface area contributed by atoms with E-state index in [1.54, 1.807) is 13.8 Å². The average molecular weight is 141 g/mol. The molecule has 0 aliphatic rings. The highest BCUT2D eigenvalue weighted by Gasteiger charge is 2.04. The third kappa shape index (κ3) is 3.02. The zero-order valence-electron chi connectivity index (χ0n) is 6.23. The molecule has 0 unspecified atom stereocenters. The third-order valence-corrected chi connectivity index (χ3v) is 0.962. The van der Waals surface area contributed by atoms with Gasteiger partial charge in [-0.15, -0.1) is 0 Å². The molecule has 0 saturated carbocycles. The molecule has 2 amide bonds. The van der Waals surface area contributed by atoms with Crippen molar-refractivity contribution < 1.29 is 9.59 Å². The lowest BCUT2D eigenvalue weighted by Gasteiger charge is -1.98. The molecule has 0 radical (unpaired) electrons. The minimum absolute atomic E-state index is 0.270. The number of carbonyl (C=O) groups excluding carboxylic acids is 2. The number of amides is 2. The Balaban J connectivity index is 3.80. The predicted octanol–water partition coefficient (Wildman–Crippen LogP) is 0.615. The molecule has 0 aromatic heterocycles. The Morgan fingerprint density at radius 2 is 2.00 bits per heavy atom. The summed E-state index contributed by atoms with van der Waals surface area (Å²) in [7, 11) is 0. The summed E-state index contributed by atoms with van der Waals surface area (Å²) in [5.74, 6) is -0.667. The van der Waals surface area contributed by atoms with E-state index in [1.165, 1.54) is 0 Å². The predicted molar refractivity (Wildman–Crippen MR) is 38.3 cm³/mol. The zero-order valence-corrected chi connectivity index (χ0v) is 6.23. The molecule has 56 valence electrons. The second kappa shape index (κ2) is 3.82. The van der Waals surface area contributed by atoms with E-state index in [0.29, 0.717) is 12.0 Å². The van der Waals surface area contributed by atoms with Crippen LogP contribution in [0.15, 0.2) is 12.2 Å². The standard InChI is InChI=1S/C7H11NO2/c1-4-6(9)8-7(10)5(2)3/h2,4H2,1,3H3,(H,8,9,10). The van der Waals surface area contributed by atoms with E-state index in [-0.39, 0.29) is 5.91 Å². The molecule has 0 bridgehead atoms. The van der Waals surface area contributed by atoms with Gasteiger partial charge in [0.05, 0.1) is 0 Å². The molecule has 0 aliphatic carbocycles. The Kier molecular flexibility index (Phi) is 3.39. The third-order valence-electron chi connectivity index (χ3n) is 0.962. The van der Waals surface area contributed by atoms with Crippen LogP contribution in [-0.4, -0.2) is 11.8 Å². The van der Waals surface area contributed by atoms with Gasteiger partial charge in [0.25, 0.3) is 5.91 Å². The van der Waals surface area contributed by atoms with E-state index in [9.17, 15) is 9.59 Å². The van der Waals surface area contributed by atoms with Crippen LogP contribution in [0.25, 0.3) is 0 Å². The maximum absolute atomic E-state index is 10.7. The molecular formula is C7H11NO2. The average Bonchev–Trinajstić information content (AvgIpc) is 1.87. The molecule has 0 saturated heterocycles. The van der Waals surface area contributed by atoms with Crippen molar-refractivity contribution in [3.05, 3.63) is 12.2 Å². The Hall–Kier alpha value is -1.12. The first-order chi connectivity index (χ1) is 4.57. The van der Waals surface area contributed by atoms with Crippen molar-refractivity contribution in [2.45, 2.75) is 20.3 Å². The number of hydrogen-bond acceptors (Lipinski definition) is 2. The lowest BCUT2D eigenvalue weighted by Crippen LogP contribution is -2.29. The smallest absolute Gasteiger partial charge is 0.252 e. The van der Waals surface area contributed by atoms with Crippen molar-refractivity contribution in [3.63, 3.8) is 0 Å². The summed E-state index contributed by atoms with van der Waals surface area (Å²) >= 11 is 0. The van der Waals surface area contributed by atoms with E-state index >= 15 is 0 Å². The molecule has 0 spiro atoms. The van der Waals surface area contributed by atoms with Crippen LogP contribution in [0.2, 0.25) is 0 Å². The van der Waals surface area contributed by atoms with Crippen LogP contribution in [0.3, 0.4) is 0 Å². The number of rotatable bonds is 2. The van der Waals surface area contributed by atoms with Gasteiger partial charge in [-0.3, -0.25) is 14.9 Å². The number of hydrogen-bond donors (Lipinski definition) is 1. The van der Waals surface area contributed by atoms with Gasteiger partial charge in [0.1, 0.15) is 0 Å². The van der Waals surface area contributed by atoms with Gasteiger partial charge in [0.2, 0.25) is 5.91 Å². The zero-order chi connectivity index (χ0) is 8.15. The van der Waals surface area contributed by atoms with Crippen LogP contribution in [0.4, 0.5) is 0 Å². The minimum Gasteiger partial charge on any atom is -0.293 e. The van der Waals surface area contributed by atoms with E-state index in [2.05, 4.69) is 11.9 Å². The van der Waals surface area contributed by atoms with Gasteiger partial charge in [0, 0.05) is 12.0 Å². The number of nitrogens with one attached hydrogen (secondary N) is 1. The molecule has 0 fully saturated rings. The van der Waals surface area contributed by atoms with Crippen LogP contribution < -0.4 is 5.32 Å². The fraction of sp³-hybridized carbons (Fsp3) is 0.429. The van der Waals surface area contributed by atoms with Gasteiger partial charge >= 0.3 is 0 Å². The van der Waals surface area contributed by atoms with Gasteiger partial charge in [-0.25, -0.2) is 0 Å². The van der Waals surface area contributed by atoms with E-state index in [1.807, 2.05) is 0 Å². The van der Waals surface area contributed by atoms with Gasteiger partial charge in [0.15, 0.2) is 0 Å². The Morgan fingerprint density at radius 3 is 2.30 bits per heavy atom. The molecule has 0 heterocycles. The van der Waals surface area contributed by atoms with Gasteiger partial charge < -0.3 is 0 Å². The fourth-order valence-corrected chi connectivity index (χ4v) is 0.322. The summed E-state index contributed by atoms with van der Waals surface area (Å²) in [4.78, 5) is 21.2. The Bertz CT molecular complexity index is 172. The van der Waals surface area contributed by atoms with Crippen LogP contribution in [-0.2, 0) is 9.59 Å². The highest BCUT2D eigenvalue weighted by atomic mass is 16.2. The quantitative estimate of drug-likeness (QED) is 0.573. The van der Waals surface area contributed by atoms with Crippen molar-refractivity contribution >= 4 is 11.8 Å². The van der Waals surface area contributed by atoms with Gasteiger partial charge in [-0.1, -0.05) is 13.5 Å². The lowest BCUT2D eigenvalue weighted by molar-refractivity contribution is -0.128. The van der Waals surface area contributed by atoms with Crippen molar-refractivity contribution in [1.29, 1.82) is 0 Å². The van der Waals surface area contributed by atoms with E-state index in [0.717, 1.165) is 0 Å². The summed E-state index contributed by atoms with van der Waals surface area (Å²) in [6, 6.07) is 0. The Labute approximate surface area is 60.1 Å². The minimum atomic E-state index is -0.396.